The summed E-state index contributed by atoms with van der Waals surface area (Å²) < 4.78 is 11.2. The summed E-state index contributed by atoms with van der Waals surface area (Å²) in [6.07, 6.45) is 7.76. The van der Waals surface area contributed by atoms with Gasteiger partial charge in [0, 0.05) is 0 Å². The first-order valence-electron chi connectivity index (χ1n) is 7.19. The van der Waals surface area contributed by atoms with Crippen molar-refractivity contribution in [2.75, 3.05) is 53.4 Å². The predicted octanol–water partition coefficient (Wildman–Crippen LogP) is 2.46. The molecule has 0 aliphatic rings. The summed E-state index contributed by atoms with van der Waals surface area (Å²) in [5, 5.41) is 8.47. The second kappa shape index (κ2) is 18.1. The van der Waals surface area contributed by atoms with E-state index in [0.717, 1.165) is 30.7 Å². The second-order valence-electron chi connectivity index (χ2n) is 5.55. The maximum atomic E-state index is 9.98. The van der Waals surface area contributed by atoms with Gasteiger partial charge in [-0.15, -0.1) is 0 Å². The molecule has 0 rings (SSSR count). The number of quaternary nitrogens is 2. The second-order valence-corrected chi connectivity index (χ2v) is 5.93. The van der Waals surface area contributed by atoms with Crippen LogP contribution < -0.4 is 0 Å². The number of aliphatic hydroxyl groups excluding tert-OH is 1. The molecule has 0 bridgehead atoms. The van der Waals surface area contributed by atoms with Crippen LogP contribution in [0.3, 0.4) is 0 Å². The molecular formula is C17H33N2O4P. The van der Waals surface area contributed by atoms with Gasteiger partial charge in [0.25, 0.3) is 0 Å². The van der Waals surface area contributed by atoms with E-state index in [2.05, 4.69) is 32.1 Å². The van der Waals surface area contributed by atoms with Crippen molar-refractivity contribution in [1.82, 2.24) is 0 Å². The molecule has 0 atom stereocenters. The number of rotatable bonds is 10. The summed E-state index contributed by atoms with van der Waals surface area (Å²) in [4.78, 5) is 0. The molecule has 0 aliphatic heterocycles. The molecule has 0 aromatic rings. The van der Waals surface area contributed by atoms with Crippen molar-refractivity contribution in [1.29, 1.82) is 0 Å². The maximum Gasteiger partial charge on any atom is -0.870 e. The van der Waals surface area contributed by atoms with Crippen molar-refractivity contribution < 1.29 is 29.6 Å². The normalized spacial score (nSPS) is 9.62. The minimum Gasteiger partial charge on any atom is -0.870 e. The number of hydrogen-bond donors (Lipinski definition) is 1. The van der Waals surface area contributed by atoms with E-state index >= 15 is 0 Å². The first-order valence-corrected chi connectivity index (χ1v) is 8.00. The van der Waals surface area contributed by atoms with Gasteiger partial charge in [0.15, 0.2) is 0 Å². The van der Waals surface area contributed by atoms with Gasteiger partial charge in [0.05, 0.1) is 26.2 Å². The Morgan fingerprint density at radius 2 is 1.25 bits per heavy atom. The van der Waals surface area contributed by atoms with Crippen LogP contribution in [0.4, 0.5) is 0 Å². The van der Waals surface area contributed by atoms with Crippen LogP contribution in [-0.2, 0) is 4.57 Å². The van der Waals surface area contributed by atoms with E-state index in [4.69, 9.17) is 5.11 Å². The Labute approximate surface area is 148 Å². The Balaban J connectivity index is -0.000000162. The Kier molecular flexibility index (Phi) is 23.1. The van der Waals surface area contributed by atoms with Gasteiger partial charge in [-0.1, -0.05) is 26.3 Å². The molecule has 0 aromatic heterocycles. The zero-order valence-electron chi connectivity index (χ0n) is 15.0. The molecule has 0 spiro atoms. The summed E-state index contributed by atoms with van der Waals surface area (Å²) in [5.74, 6) is 2.62. The van der Waals surface area contributed by atoms with Crippen molar-refractivity contribution >= 4 is 7.92 Å². The standard InChI is InChI=1S/C12H20N.C5H11NO2P.2H2O/c1-5-9-13(10-6-2,11-7-3)12-8-4;1-6(2,3-4-7)5-9-8;;/h5-8H,1-4,9-12H2;7H,3-4H2,1-2H3;2*1H2/q2*+1;;/p-2. The average Bonchev–Trinajstić information content (AvgIpc) is 2.40. The van der Waals surface area contributed by atoms with E-state index in [1.807, 2.05) is 38.4 Å². The quantitative estimate of drug-likeness (QED) is 0.368. The third-order valence-electron chi connectivity index (χ3n) is 3.04. The van der Waals surface area contributed by atoms with Crippen LogP contribution in [0, 0.1) is 5.75 Å². The van der Waals surface area contributed by atoms with Crippen LogP contribution in [0.5, 0.6) is 0 Å². The SMILES string of the molecule is C=CC[N+](CC=C)(CC=C)CC=C.C[N+](C)(C#P=O)CCO.[OH-].[OH-]. The Bertz CT molecular complexity index is 413. The molecule has 0 saturated heterocycles. The minimum absolute atomic E-state index is 0. The van der Waals surface area contributed by atoms with E-state index in [-0.39, 0.29) is 25.5 Å². The van der Waals surface area contributed by atoms with Gasteiger partial charge in [-0.3, -0.25) is 0 Å². The molecule has 0 aliphatic carbocycles. The van der Waals surface area contributed by atoms with Gasteiger partial charge in [-0.2, -0.15) is 0 Å². The zero-order valence-corrected chi connectivity index (χ0v) is 15.9. The molecule has 0 amide bonds. The van der Waals surface area contributed by atoms with Crippen LogP contribution in [0.15, 0.2) is 50.6 Å². The first-order chi connectivity index (χ1) is 10.4. The van der Waals surface area contributed by atoms with Gasteiger partial charge in [0.2, 0.25) is 0 Å². The van der Waals surface area contributed by atoms with Gasteiger partial charge in [0.1, 0.15) is 0 Å². The van der Waals surface area contributed by atoms with Crippen LogP contribution in [-0.4, -0.2) is 78.5 Å². The molecule has 140 valence electrons. The summed E-state index contributed by atoms with van der Waals surface area (Å²) in [5.41, 5.74) is 0. The third kappa shape index (κ3) is 15.7. The Hall–Kier alpha value is -1.23. The number of nitrogens with zero attached hydrogens (tertiary/aromatic N) is 2. The molecule has 7 heteroatoms. The van der Waals surface area contributed by atoms with Crippen LogP contribution >= 0.6 is 7.92 Å². The third-order valence-corrected chi connectivity index (χ3v) is 3.66. The smallest absolute Gasteiger partial charge is 0.870 e. The van der Waals surface area contributed by atoms with E-state index in [1.165, 1.54) is 0 Å². The van der Waals surface area contributed by atoms with Gasteiger partial charge < -0.3 is 15.4 Å². The van der Waals surface area contributed by atoms with Crippen LogP contribution in [0.2, 0.25) is 0 Å². The average molecular weight is 360 g/mol. The van der Waals surface area contributed by atoms with Crippen LogP contribution in [0.25, 0.3) is 0 Å². The minimum atomic E-state index is -0.105. The van der Waals surface area contributed by atoms with Crippen molar-refractivity contribution in [3.8, 4) is 5.75 Å². The van der Waals surface area contributed by atoms with Crippen molar-refractivity contribution in [3.63, 3.8) is 0 Å². The van der Waals surface area contributed by atoms with Gasteiger partial charge >= 0.3 is 55.1 Å². The van der Waals surface area contributed by atoms with Gasteiger partial charge in [-0.25, -0.2) is 0 Å². The predicted molar refractivity (Wildman–Crippen MR) is 99.9 cm³/mol. The van der Waals surface area contributed by atoms with E-state index in [1.54, 1.807) is 0 Å². The van der Waals surface area contributed by atoms with Crippen LogP contribution in [0.1, 0.15) is 0 Å². The summed E-state index contributed by atoms with van der Waals surface area (Å²) in [6, 6.07) is 0. The summed E-state index contributed by atoms with van der Waals surface area (Å²) >= 11 is 0. The fourth-order valence-electron chi connectivity index (χ4n) is 1.95. The molecule has 0 unspecified atom stereocenters. The molecular weight excluding hydrogens is 327 g/mol. The molecule has 3 N–H and O–H groups in total. The molecule has 0 saturated carbocycles. The Morgan fingerprint density at radius 3 is 1.46 bits per heavy atom. The molecule has 0 heterocycles. The monoisotopic (exact) mass is 360 g/mol. The number of aliphatic hydroxyl groups is 1. The molecule has 0 fully saturated rings. The fraction of sp³-hybridized carbons (Fsp3) is 0.471. The summed E-state index contributed by atoms with van der Waals surface area (Å²) in [7, 11) is 3.54. The number of likely N-dealkylation sites (N-methyl/N-ethyl adjacent to an activating group) is 1. The van der Waals surface area contributed by atoms with E-state index in [0.29, 0.717) is 11.0 Å². The Morgan fingerprint density at radius 1 is 0.917 bits per heavy atom. The fourth-order valence-corrected chi connectivity index (χ4v) is 2.27. The summed E-state index contributed by atoms with van der Waals surface area (Å²) in [6.45, 7) is 19.5. The zero-order chi connectivity index (χ0) is 17.5. The van der Waals surface area contributed by atoms with Gasteiger partial charge in [-0.05, 0) is 24.3 Å². The molecule has 24 heavy (non-hydrogen) atoms. The van der Waals surface area contributed by atoms with E-state index < -0.39 is 0 Å². The molecule has 6 nitrogen and oxygen atoms in total. The van der Waals surface area contributed by atoms with Crippen molar-refractivity contribution in [2.45, 2.75) is 0 Å². The first kappa shape index (κ1) is 30.6. The van der Waals surface area contributed by atoms with Crippen molar-refractivity contribution in [2.24, 2.45) is 0 Å². The van der Waals surface area contributed by atoms with Crippen molar-refractivity contribution in [3.05, 3.63) is 50.6 Å². The maximum absolute atomic E-state index is 9.98. The largest absolute Gasteiger partial charge is 0.870 e. The topological polar surface area (TPSA) is 97.3 Å². The van der Waals surface area contributed by atoms with E-state index in [9.17, 15) is 4.57 Å². The number of hydrogen-bond acceptors (Lipinski definition) is 4. The molecule has 0 aromatic carbocycles. The molecule has 0 radical (unpaired) electrons.